The minimum atomic E-state index is -0.304. The number of amides is 1. The molecule has 1 unspecified atom stereocenters. The Hall–Kier alpha value is -2.33. The summed E-state index contributed by atoms with van der Waals surface area (Å²) >= 11 is 0. The first-order valence-corrected chi connectivity index (χ1v) is 9.92. The molecular formula is C23H27NO3. The standard InChI is InChI=1S/C23H27NO3/c1-26-16-22-15-24(23(25)27-22)21-13-11-20(12-14-21)19-9-7-18(8-10-19)17-5-3-2-4-6-17/h7-14,17,22H,2-6,15-16H2,1H3. The summed E-state index contributed by atoms with van der Waals surface area (Å²) < 4.78 is 10.4. The Bertz CT molecular complexity index is 763. The van der Waals surface area contributed by atoms with E-state index in [1.807, 2.05) is 12.1 Å². The topological polar surface area (TPSA) is 38.8 Å². The molecule has 0 aromatic heterocycles. The summed E-state index contributed by atoms with van der Waals surface area (Å²) in [5.41, 5.74) is 4.71. The molecule has 1 heterocycles. The number of ether oxygens (including phenoxy) is 2. The molecule has 2 aromatic carbocycles. The lowest BCUT2D eigenvalue weighted by Crippen LogP contribution is -2.25. The van der Waals surface area contributed by atoms with Crippen molar-refractivity contribution < 1.29 is 14.3 Å². The second-order valence-electron chi connectivity index (χ2n) is 7.58. The van der Waals surface area contributed by atoms with Gasteiger partial charge < -0.3 is 9.47 Å². The van der Waals surface area contributed by atoms with E-state index in [1.54, 1.807) is 12.0 Å². The van der Waals surface area contributed by atoms with Crippen LogP contribution in [0.1, 0.15) is 43.6 Å². The van der Waals surface area contributed by atoms with Crippen LogP contribution in [0.3, 0.4) is 0 Å². The van der Waals surface area contributed by atoms with E-state index in [0.717, 1.165) is 17.2 Å². The molecule has 2 aromatic rings. The lowest BCUT2D eigenvalue weighted by molar-refractivity contribution is 0.0718. The van der Waals surface area contributed by atoms with E-state index < -0.39 is 0 Å². The fourth-order valence-electron chi connectivity index (χ4n) is 4.22. The summed E-state index contributed by atoms with van der Waals surface area (Å²) in [4.78, 5) is 13.7. The molecular weight excluding hydrogens is 338 g/mol. The van der Waals surface area contributed by atoms with Crippen molar-refractivity contribution in [2.45, 2.75) is 44.1 Å². The average Bonchev–Trinajstić information content (AvgIpc) is 3.09. The number of hydrogen-bond acceptors (Lipinski definition) is 3. The number of rotatable bonds is 5. The van der Waals surface area contributed by atoms with Crippen molar-refractivity contribution in [2.75, 3.05) is 25.2 Å². The summed E-state index contributed by atoms with van der Waals surface area (Å²) in [6.07, 6.45) is 6.25. The van der Waals surface area contributed by atoms with Crippen molar-refractivity contribution in [1.29, 1.82) is 0 Å². The van der Waals surface area contributed by atoms with E-state index >= 15 is 0 Å². The third kappa shape index (κ3) is 4.01. The minimum Gasteiger partial charge on any atom is -0.441 e. The number of cyclic esters (lactones) is 1. The number of carbonyl (C=O) groups excluding carboxylic acids is 1. The van der Waals surface area contributed by atoms with Crippen LogP contribution in [-0.4, -0.2) is 32.5 Å². The summed E-state index contributed by atoms with van der Waals surface area (Å²) in [5.74, 6) is 0.733. The van der Waals surface area contributed by atoms with Crippen molar-refractivity contribution in [3.63, 3.8) is 0 Å². The van der Waals surface area contributed by atoms with Gasteiger partial charge in [0.05, 0.1) is 13.2 Å². The Morgan fingerprint density at radius 1 is 0.963 bits per heavy atom. The van der Waals surface area contributed by atoms with Gasteiger partial charge in [0.2, 0.25) is 0 Å². The Morgan fingerprint density at radius 3 is 2.22 bits per heavy atom. The van der Waals surface area contributed by atoms with Crippen LogP contribution in [0.5, 0.6) is 0 Å². The first kappa shape index (κ1) is 18.1. The fourth-order valence-corrected chi connectivity index (χ4v) is 4.22. The van der Waals surface area contributed by atoms with Crippen molar-refractivity contribution in [3.05, 3.63) is 54.1 Å². The first-order valence-electron chi connectivity index (χ1n) is 9.92. The molecule has 27 heavy (non-hydrogen) atoms. The minimum absolute atomic E-state index is 0.200. The van der Waals surface area contributed by atoms with Crippen molar-refractivity contribution in [1.82, 2.24) is 0 Å². The molecule has 0 radical (unpaired) electrons. The smallest absolute Gasteiger partial charge is 0.414 e. The van der Waals surface area contributed by atoms with Gasteiger partial charge in [0.25, 0.3) is 0 Å². The molecule has 1 aliphatic carbocycles. The van der Waals surface area contributed by atoms with Gasteiger partial charge in [-0.05, 0) is 47.6 Å². The molecule has 4 rings (SSSR count). The number of hydrogen-bond donors (Lipinski definition) is 0. The molecule has 2 aliphatic rings. The molecule has 1 saturated carbocycles. The highest BCUT2D eigenvalue weighted by molar-refractivity contribution is 5.90. The van der Waals surface area contributed by atoms with Crippen LogP contribution in [0.4, 0.5) is 10.5 Å². The third-order valence-corrected chi connectivity index (χ3v) is 5.73. The molecule has 2 fully saturated rings. The average molecular weight is 365 g/mol. The lowest BCUT2D eigenvalue weighted by atomic mass is 9.84. The molecule has 0 bridgehead atoms. The summed E-state index contributed by atoms with van der Waals surface area (Å²) in [6.45, 7) is 0.954. The van der Waals surface area contributed by atoms with Crippen LogP contribution in [0.25, 0.3) is 11.1 Å². The van der Waals surface area contributed by atoms with Crippen LogP contribution < -0.4 is 4.90 Å². The maximum Gasteiger partial charge on any atom is 0.414 e. The van der Waals surface area contributed by atoms with Gasteiger partial charge in [0, 0.05) is 12.8 Å². The van der Waals surface area contributed by atoms with Crippen LogP contribution in [-0.2, 0) is 9.47 Å². The van der Waals surface area contributed by atoms with Crippen LogP contribution in [0, 0.1) is 0 Å². The van der Waals surface area contributed by atoms with Gasteiger partial charge in [0.1, 0.15) is 6.10 Å². The highest BCUT2D eigenvalue weighted by atomic mass is 16.6. The molecule has 0 N–H and O–H groups in total. The highest BCUT2D eigenvalue weighted by Gasteiger charge is 2.32. The van der Waals surface area contributed by atoms with Gasteiger partial charge in [-0.3, -0.25) is 4.90 Å². The van der Waals surface area contributed by atoms with Gasteiger partial charge in [-0.15, -0.1) is 0 Å². The molecule has 1 aliphatic heterocycles. The van der Waals surface area contributed by atoms with E-state index in [-0.39, 0.29) is 12.2 Å². The summed E-state index contributed by atoms with van der Waals surface area (Å²) in [5, 5.41) is 0. The predicted molar refractivity (Wildman–Crippen MR) is 107 cm³/mol. The van der Waals surface area contributed by atoms with E-state index in [9.17, 15) is 4.79 Å². The Balaban J connectivity index is 1.45. The maximum atomic E-state index is 12.1. The second kappa shape index (κ2) is 8.13. The predicted octanol–water partition coefficient (Wildman–Crippen LogP) is 5.37. The highest BCUT2D eigenvalue weighted by Crippen LogP contribution is 2.34. The first-order chi connectivity index (χ1) is 13.2. The number of carbonyl (C=O) groups is 1. The van der Waals surface area contributed by atoms with Gasteiger partial charge in [-0.2, -0.15) is 0 Å². The Kier molecular flexibility index (Phi) is 5.44. The number of anilines is 1. The van der Waals surface area contributed by atoms with E-state index in [1.165, 1.54) is 43.2 Å². The van der Waals surface area contributed by atoms with Crippen LogP contribution in [0.15, 0.2) is 48.5 Å². The summed E-state index contributed by atoms with van der Waals surface area (Å²) in [6, 6.07) is 17.1. The maximum absolute atomic E-state index is 12.1. The quantitative estimate of drug-likeness (QED) is 0.715. The zero-order chi connectivity index (χ0) is 18.6. The number of benzene rings is 2. The normalized spacial score (nSPS) is 20.7. The molecule has 4 heteroatoms. The molecule has 1 atom stereocenters. The fraction of sp³-hybridized carbons (Fsp3) is 0.435. The molecule has 0 spiro atoms. The van der Waals surface area contributed by atoms with Crippen molar-refractivity contribution in [2.24, 2.45) is 0 Å². The third-order valence-electron chi connectivity index (χ3n) is 5.73. The summed E-state index contributed by atoms with van der Waals surface area (Å²) in [7, 11) is 1.62. The molecule has 4 nitrogen and oxygen atoms in total. The molecule has 142 valence electrons. The SMILES string of the molecule is COCC1CN(c2ccc(-c3ccc(C4CCCCC4)cc3)cc2)C(=O)O1. The van der Waals surface area contributed by atoms with Gasteiger partial charge in [-0.1, -0.05) is 55.7 Å². The van der Waals surface area contributed by atoms with Crippen LogP contribution >= 0.6 is 0 Å². The Morgan fingerprint density at radius 2 is 1.59 bits per heavy atom. The van der Waals surface area contributed by atoms with Crippen LogP contribution in [0.2, 0.25) is 0 Å². The monoisotopic (exact) mass is 365 g/mol. The molecule has 1 saturated heterocycles. The number of nitrogens with zero attached hydrogens (tertiary/aromatic N) is 1. The van der Waals surface area contributed by atoms with Gasteiger partial charge >= 0.3 is 6.09 Å². The Labute approximate surface area is 161 Å². The lowest BCUT2D eigenvalue weighted by Gasteiger charge is -2.22. The van der Waals surface area contributed by atoms with Crippen molar-refractivity contribution in [3.8, 4) is 11.1 Å². The van der Waals surface area contributed by atoms with E-state index in [2.05, 4.69) is 36.4 Å². The number of methoxy groups -OCH3 is 1. The zero-order valence-corrected chi connectivity index (χ0v) is 15.9. The van der Waals surface area contributed by atoms with E-state index in [4.69, 9.17) is 9.47 Å². The van der Waals surface area contributed by atoms with Gasteiger partial charge in [-0.25, -0.2) is 4.79 Å². The second-order valence-corrected chi connectivity index (χ2v) is 7.58. The van der Waals surface area contributed by atoms with E-state index in [0.29, 0.717) is 13.2 Å². The zero-order valence-electron chi connectivity index (χ0n) is 15.9. The molecule has 1 amide bonds. The largest absolute Gasteiger partial charge is 0.441 e. The van der Waals surface area contributed by atoms with Gasteiger partial charge in [0.15, 0.2) is 0 Å². The van der Waals surface area contributed by atoms with Crippen molar-refractivity contribution >= 4 is 11.8 Å².